The normalized spacial score (nSPS) is 18.7. The molecule has 1 aliphatic rings. The van der Waals surface area contributed by atoms with Gasteiger partial charge in [0, 0.05) is 17.9 Å². The Balaban J connectivity index is 1.61. The molecule has 4 nitrogen and oxygen atoms in total. The lowest BCUT2D eigenvalue weighted by Gasteiger charge is -2.14. The lowest BCUT2D eigenvalue weighted by atomic mass is 10.0. The van der Waals surface area contributed by atoms with Crippen LogP contribution in [0.2, 0.25) is 0 Å². The second-order valence-corrected chi connectivity index (χ2v) is 6.57. The molecule has 0 aliphatic heterocycles. The molecule has 0 heterocycles. The van der Waals surface area contributed by atoms with Crippen molar-refractivity contribution in [1.29, 1.82) is 0 Å². The fraction of sp³-hybridized carbons (Fsp3) is 0.190. The highest BCUT2D eigenvalue weighted by molar-refractivity contribution is 5.91. The van der Waals surface area contributed by atoms with Crippen molar-refractivity contribution >= 4 is 16.7 Å². The van der Waals surface area contributed by atoms with Gasteiger partial charge in [0.05, 0.1) is 11.5 Å². The van der Waals surface area contributed by atoms with Gasteiger partial charge in [0.1, 0.15) is 23.4 Å². The second-order valence-electron chi connectivity index (χ2n) is 6.57. The van der Waals surface area contributed by atoms with Gasteiger partial charge in [0.25, 0.3) is 0 Å². The summed E-state index contributed by atoms with van der Waals surface area (Å²) in [6, 6.07) is 15.1. The predicted octanol–water partition coefficient (Wildman–Crippen LogP) is 5.50. The van der Waals surface area contributed by atoms with E-state index >= 15 is 0 Å². The van der Waals surface area contributed by atoms with Gasteiger partial charge in [-0.1, -0.05) is 30.3 Å². The van der Waals surface area contributed by atoms with Gasteiger partial charge in [-0.2, -0.15) is 13.2 Å². The van der Waals surface area contributed by atoms with E-state index in [9.17, 15) is 18.0 Å². The summed E-state index contributed by atoms with van der Waals surface area (Å²) in [6.07, 6.45) is -4.39. The van der Waals surface area contributed by atoms with Gasteiger partial charge in [-0.3, -0.25) is 4.79 Å². The van der Waals surface area contributed by atoms with Crippen molar-refractivity contribution in [2.24, 2.45) is 5.92 Å². The Bertz CT molecular complexity index is 1050. The summed E-state index contributed by atoms with van der Waals surface area (Å²) in [4.78, 5) is 10.9. The Morgan fingerprint density at radius 2 is 1.68 bits per heavy atom. The monoisotopic (exact) mass is 388 g/mol. The smallest absolute Gasteiger partial charge is 0.417 e. The highest BCUT2D eigenvalue weighted by Gasteiger charge is 2.45. The van der Waals surface area contributed by atoms with E-state index in [4.69, 9.17) is 14.6 Å². The van der Waals surface area contributed by atoms with Crippen LogP contribution < -0.4 is 9.47 Å². The summed E-state index contributed by atoms with van der Waals surface area (Å²) in [6.45, 7) is 0. The fourth-order valence-corrected chi connectivity index (χ4v) is 3.08. The highest BCUT2D eigenvalue weighted by atomic mass is 19.4. The number of benzene rings is 3. The van der Waals surface area contributed by atoms with Crippen LogP contribution in [0.25, 0.3) is 10.8 Å². The first-order valence-corrected chi connectivity index (χ1v) is 8.59. The first-order chi connectivity index (χ1) is 13.3. The molecule has 0 amide bonds. The number of halogens is 3. The third-order valence-corrected chi connectivity index (χ3v) is 4.56. The van der Waals surface area contributed by atoms with Crippen LogP contribution in [-0.4, -0.2) is 17.2 Å². The number of alkyl halides is 3. The van der Waals surface area contributed by atoms with Gasteiger partial charge < -0.3 is 14.6 Å². The number of rotatable bonds is 5. The molecule has 28 heavy (non-hydrogen) atoms. The summed E-state index contributed by atoms with van der Waals surface area (Å²) >= 11 is 0. The molecule has 7 heteroatoms. The van der Waals surface area contributed by atoms with Gasteiger partial charge in [-0.05, 0) is 29.7 Å². The SMILES string of the molecule is O=C(O)C1C[C@H]1Oc1cccc(Oc2ccc(C(F)(F)F)c3ccccc23)c1. The summed E-state index contributed by atoms with van der Waals surface area (Å²) in [7, 11) is 0. The predicted molar refractivity (Wildman–Crippen MR) is 95.6 cm³/mol. The topological polar surface area (TPSA) is 55.8 Å². The molecule has 0 saturated heterocycles. The molecule has 1 saturated carbocycles. The second kappa shape index (κ2) is 6.74. The van der Waals surface area contributed by atoms with Crippen molar-refractivity contribution in [1.82, 2.24) is 0 Å². The number of hydrogen-bond acceptors (Lipinski definition) is 3. The Kier molecular flexibility index (Phi) is 4.37. The van der Waals surface area contributed by atoms with Crippen molar-refractivity contribution < 1.29 is 32.5 Å². The van der Waals surface area contributed by atoms with Crippen molar-refractivity contribution in [3.05, 3.63) is 66.2 Å². The van der Waals surface area contributed by atoms with Crippen LogP contribution in [0.5, 0.6) is 17.2 Å². The van der Waals surface area contributed by atoms with Crippen LogP contribution in [0, 0.1) is 5.92 Å². The maximum atomic E-state index is 13.2. The molecule has 0 aromatic heterocycles. The van der Waals surface area contributed by atoms with Gasteiger partial charge in [0.15, 0.2) is 0 Å². The first-order valence-electron chi connectivity index (χ1n) is 8.59. The van der Waals surface area contributed by atoms with E-state index in [1.807, 2.05) is 0 Å². The van der Waals surface area contributed by atoms with Gasteiger partial charge in [-0.25, -0.2) is 0 Å². The van der Waals surface area contributed by atoms with Crippen LogP contribution in [0.4, 0.5) is 13.2 Å². The molecular weight excluding hydrogens is 373 g/mol. The Labute approximate surface area is 158 Å². The molecule has 0 spiro atoms. The molecule has 2 atom stereocenters. The standard InChI is InChI=1S/C21H15F3O4/c22-21(23,24)17-8-9-18(15-7-2-1-6-14(15)17)27-12-4-3-5-13(10-12)28-19-11-16(19)20(25)26/h1-10,16,19H,11H2,(H,25,26)/t16?,19-/m1/s1. The van der Waals surface area contributed by atoms with Crippen LogP contribution in [0.1, 0.15) is 12.0 Å². The maximum Gasteiger partial charge on any atom is 0.417 e. The van der Waals surface area contributed by atoms with Crippen LogP contribution >= 0.6 is 0 Å². The van der Waals surface area contributed by atoms with E-state index in [-0.39, 0.29) is 17.2 Å². The quantitative estimate of drug-likeness (QED) is 0.627. The maximum absolute atomic E-state index is 13.2. The number of ether oxygens (including phenoxy) is 2. The third kappa shape index (κ3) is 3.60. The Morgan fingerprint density at radius 3 is 2.36 bits per heavy atom. The summed E-state index contributed by atoms with van der Waals surface area (Å²) in [5, 5.41) is 9.35. The Hall–Kier alpha value is -3.22. The fourth-order valence-electron chi connectivity index (χ4n) is 3.08. The number of carboxylic acids is 1. The van der Waals surface area contributed by atoms with Crippen molar-refractivity contribution in [2.75, 3.05) is 0 Å². The van der Waals surface area contributed by atoms with E-state index in [1.165, 1.54) is 12.1 Å². The average Bonchev–Trinajstić information content (AvgIpc) is 3.41. The van der Waals surface area contributed by atoms with Gasteiger partial charge >= 0.3 is 12.1 Å². The highest BCUT2D eigenvalue weighted by Crippen LogP contribution is 2.40. The third-order valence-electron chi connectivity index (χ3n) is 4.56. The lowest BCUT2D eigenvalue weighted by Crippen LogP contribution is -2.07. The number of hydrogen-bond donors (Lipinski definition) is 1. The molecule has 0 bridgehead atoms. The minimum Gasteiger partial charge on any atom is -0.489 e. The molecule has 4 rings (SSSR count). The number of fused-ring (bicyclic) bond motifs is 1. The zero-order valence-corrected chi connectivity index (χ0v) is 14.4. The van der Waals surface area contributed by atoms with E-state index in [2.05, 4.69) is 0 Å². The zero-order chi connectivity index (χ0) is 19.9. The molecule has 0 radical (unpaired) electrons. The zero-order valence-electron chi connectivity index (χ0n) is 14.4. The summed E-state index contributed by atoms with van der Waals surface area (Å²) in [5.74, 6) is -0.287. The molecule has 1 N–H and O–H groups in total. The van der Waals surface area contributed by atoms with E-state index < -0.39 is 23.6 Å². The molecule has 1 unspecified atom stereocenters. The molecule has 144 valence electrons. The summed E-state index contributed by atoms with van der Waals surface area (Å²) < 4.78 is 51.2. The first kappa shape index (κ1) is 18.2. The summed E-state index contributed by atoms with van der Waals surface area (Å²) in [5.41, 5.74) is -0.721. The van der Waals surface area contributed by atoms with Crippen molar-refractivity contribution in [3.8, 4) is 17.2 Å². The molecule has 3 aromatic carbocycles. The average molecular weight is 388 g/mol. The number of aliphatic carboxylic acids is 1. The minimum absolute atomic E-state index is 0.0576. The molecule has 3 aromatic rings. The lowest BCUT2D eigenvalue weighted by molar-refractivity contribution is -0.139. The van der Waals surface area contributed by atoms with E-state index in [0.717, 1.165) is 6.07 Å². The number of carbonyl (C=O) groups is 1. The van der Waals surface area contributed by atoms with Gasteiger partial charge in [-0.15, -0.1) is 0 Å². The molecule has 1 aliphatic carbocycles. The minimum atomic E-state index is -4.46. The molecule has 1 fully saturated rings. The van der Waals surface area contributed by atoms with Crippen LogP contribution in [0.3, 0.4) is 0 Å². The molecular formula is C21H15F3O4. The van der Waals surface area contributed by atoms with Crippen molar-refractivity contribution in [2.45, 2.75) is 18.7 Å². The van der Waals surface area contributed by atoms with Crippen molar-refractivity contribution in [3.63, 3.8) is 0 Å². The van der Waals surface area contributed by atoms with Crippen LogP contribution in [0.15, 0.2) is 60.7 Å². The Morgan fingerprint density at radius 1 is 0.964 bits per heavy atom. The number of carboxylic acid groups (broad SMARTS) is 1. The van der Waals surface area contributed by atoms with Gasteiger partial charge in [0.2, 0.25) is 0 Å². The van der Waals surface area contributed by atoms with Crippen LogP contribution in [-0.2, 0) is 11.0 Å². The van der Waals surface area contributed by atoms with E-state index in [1.54, 1.807) is 42.5 Å². The van der Waals surface area contributed by atoms with E-state index in [0.29, 0.717) is 23.3 Å². The largest absolute Gasteiger partial charge is 0.489 e.